The topological polar surface area (TPSA) is 97.8 Å². The number of hydrogen-bond donors (Lipinski definition) is 1. The van der Waals surface area contributed by atoms with E-state index in [2.05, 4.69) is 22.8 Å². The van der Waals surface area contributed by atoms with Crippen molar-refractivity contribution in [1.29, 1.82) is 0 Å². The Morgan fingerprint density at radius 3 is 2.55 bits per heavy atom. The smallest absolute Gasteiger partial charge is 0.335 e. The van der Waals surface area contributed by atoms with Gasteiger partial charge in [0.15, 0.2) is 5.76 Å². The van der Waals surface area contributed by atoms with Gasteiger partial charge < -0.3 is 23.7 Å². The fourth-order valence-corrected chi connectivity index (χ4v) is 6.67. The minimum absolute atomic E-state index is 0.0120. The van der Waals surface area contributed by atoms with Crippen molar-refractivity contribution in [3.05, 3.63) is 78.1 Å². The number of carbonyl (C=O) groups excluding carboxylic acids is 1. The Kier molecular flexibility index (Phi) is 6.99. The Morgan fingerprint density at radius 1 is 0.952 bits per heavy atom. The molecule has 2 aliphatic rings. The molecule has 4 heterocycles. The Bertz CT molecular complexity index is 1780. The number of furan rings is 1. The fourth-order valence-electron chi connectivity index (χ4n) is 6.67. The maximum Gasteiger partial charge on any atom is 0.335 e. The Balaban J connectivity index is 1.42. The predicted molar refractivity (Wildman–Crippen MR) is 161 cm³/mol. The molecule has 214 valence electrons. The van der Waals surface area contributed by atoms with E-state index in [4.69, 9.17) is 14.1 Å². The van der Waals surface area contributed by atoms with Gasteiger partial charge in [-0.05, 0) is 72.4 Å². The summed E-state index contributed by atoms with van der Waals surface area (Å²) in [7, 11) is 0. The number of pyridine rings is 1. The summed E-state index contributed by atoms with van der Waals surface area (Å²) in [5, 5.41) is 11.9. The summed E-state index contributed by atoms with van der Waals surface area (Å²) < 4.78 is 13.1. The molecule has 1 saturated heterocycles. The van der Waals surface area contributed by atoms with E-state index >= 15 is 0 Å². The van der Waals surface area contributed by atoms with Crippen molar-refractivity contribution in [2.24, 2.45) is 0 Å². The van der Waals surface area contributed by atoms with E-state index < -0.39 is 5.97 Å². The van der Waals surface area contributed by atoms with Gasteiger partial charge in [-0.15, -0.1) is 0 Å². The Labute approximate surface area is 243 Å². The van der Waals surface area contributed by atoms with E-state index in [1.54, 1.807) is 18.4 Å². The lowest BCUT2D eigenvalue weighted by Gasteiger charge is -2.28. The highest BCUT2D eigenvalue weighted by atomic mass is 16.5. The van der Waals surface area contributed by atoms with Crippen LogP contribution in [0.25, 0.3) is 44.5 Å². The Morgan fingerprint density at radius 2 is 1.79 bits per heavy atom. The number of carbonyl (C=O) groups is 2. The first-order valence-electron chi connectivity index (χ1n) is 14.8. The van der Waals surface area contributed by atoms with Gasteiger partial charge >= 0.3 is 5.97 Å². The SMILES string of the molecule is O=C(O)c1ccc2c(C3CCCCC3)c(-c3ccc4nc(-c5ccco5)ccc4c3)n(CC(=O)N3CCOCC3)c2c1. The summed E-state index contributed by atoms with van der Waals surface area (Å²) in [6.45, 7) is 2.31. The monoisotopic (exact) mass is 563 g/mol. The molecule has 1 N–H and O–H groups in total. The first-order chi connectivity index (χ1) is 20.6. The van der Waals surface area contributed by atoms with Crippen LogP contribution >= 0.6 is 0 Å². The molecular formula is C34H33N3O5. The van der Waals surface area contributed by atoms with Crippen molar-refractivity contribution in [3.63, 3.8) is 0 Å². The molecule has 0 bridgehead atoms. The van der Waals surface area contributed by atoms with Crippen molar-refractivity contribution < 1.29 is 23.8 Å². The van der Waals surface area contributed by atoms with Crippen LogP contribution in [-0.4, -0.2) is 57.7 Å². The van der Waals surface area contributed by atoms with Gasteiger partial charge in [-0.2, -0.15) is 0 Å². The largest absolute Gasteiger partial charge is 0.478 e. The predicted octanol–water partition coefficient (Wildman–Crippen LogP) is 6.72. The zero-order chi connectivity index (χ0) is 28.6. The zero-order valence-electron chi connectivity index (χ0n) is 23.4. The maximum atomic E-state index is 13.7. The number of fused-ring (bicyclic) bond motifs is 2. The molecular weight excluding hydrogens is 530 g/mol. The molecule has 2 aromatic carbocycles. The molecule has 1 aliphatic heterocycles. The van der Waals surface area contributed by atoms with Crippen LogP contribution in [0, 0.1) is 0 Å². The number of carboxylic acids is 1. The summed E-state index contributed by atoms with van der Waals surface area (Å²) in [6, 6.07) is 19.4. The lowest BCUT2D eigenvalue weighted by molar-refractivity contribution is -0.135. The first kappa shape index (κ1) is 26.5. The van der Waals surface area contributed by atoms with Gasteiger partial charge in [0.2, 0.25) is 5.91 Å². The highest BCUT2D eigenvalue weighted by Gasteiger charge is 2.29. The normalized spacial score (nSPS) is 16.3. The molecule has 42 heavy (non-hydrogen) atoms. The summed E-state index contributed by atoms with van der Waals surface area (Å²) in [4.78, 5) is 32.4. The number of aromatic carboxylic acids is 1. The number of amides is 1. The number of hydrogen-bond acceptors (Lipinski definition) is 5. The second-order valence-electron chi connectivity index (χ2n) is 11.3. The van der Waals surface area contributed by atoms with Crippen molar-refractivity contribution >= 4 is 33.7 Å². The van der Waals surface area contributed by atoms with Crippen LogP contribution < -0.4 is 0 Å². The van der Waals surface area contributed by atoms with Crippen LogP contribution in [0.2, 0.25) is 0 Å². The van der Waals surface area contributed by atoms with Crippen LogP contribution in [0.1, 0.15) is 53.9 Å². The molecule has 8 nitrogen and oxygen atoms in total. The van der Waals surface area contributed by atoms with E-state index in [9.17, 15) is 14.7 Å². The van der Waals surface area contributed by atoms with E-state index in [0.717, 1.165) is 70.2 Å². The molecule has 1 amide bonds. The molecule has 8 heteroatoms. The van der Waals surface area contributed by atoms with Crippen LogP contribution in [0.3, 0.4) is 0 Å². The van der Waals surface area contributed by atoms with E-state index in [0.29, 0.717) is 32.2 Å². The molecule has 1 saturated carbocycles. The molecule has 0 unspecified atom stereocenters. The lowest BCUT2D eigenvalue weighted by Crippen LogP contribution is -2.42. The quantitative estimate of drug-likeness (QED) is 0.246. The van der Waals surface area contributed by atoms with Crippen molar-refractivity contribution in [2.75, 3.05) is 26.3 Å². The highest BCUT2D eigenvalue weighted by Crippen LogP contribution is 2.45. The van der Waals surface area contributed by atoms with Gasteiger partial charge in [-0.1, -0.05) is 37.5 Å². The third-order valence-corrected chi connectivity index (χ3v) is 8.76. The second-order valence-corrected chi connectivity index (χ2v) is 11.3. The molecule has 0 radical (unpaired) electrons. The number of benzene rings is 2. The first-order valence-corrected chi connectivity index (χ1v) is 14.8. The highest BCUT2D eigenvalue weighted by molar-refractivity contribution is 6.00. The van der Waals surface area contributed by atoms with Crippen molar-refractivity contribution in [2.45, 2.75) is 44.6 Å². The standard InChI is InChI=1S/C34H33N3O5/c38-31(36-14-17-41-18-15-36)21-37-29-20-25(34(39)40)8-11-26(29)32(22-5-2-1-3-6-22)33(37)24-10-12-27-23(19-24)9-13-28(35-27)30-7-4-16-42-30/h4,7-13,16,19-20,22H,1-3,5-6,14-15,17-18,21H2,(H,39,40). The number of nitrogens with zero attached hydrogens (tertiary/aromatic N) is 3. The van der Waals surface area contributed by atoms with E-state index in [1.165, 1.54) is 12.0 Å². The van der Waals surface area contributed by atoms with Crippen LogP contribution in [0.5, 0.6) is 0 Å². The fraction of sp³-hybridized carbons (Fsp3) is 0.324. The van der Waals surface area contributed by atoms with Gasteiger partial charge in [-0.3, -0.25) is 4.79 Å². The van der Waals surface area contributed by atoms with Gasteiger partial charge in [0.1, 0.15) is 12.2 Å². The number of carboxylic acid groups (broad SMARTS) is 1. The van der Waals surface area contributed by atoms with E-state index in [1.807, 2.05) is 35.2 Å². The van der Waals surface area contributed by atoms with Crippen molar-refractivity contribution in [3.8, 4) is 22.7 Å². The van der Waals surface area contributed by atoms with Gasteiger partial charge in [0.25, 0.3) is 0 Å². The average molecular weight is 564 g/mol. The van der Waals surface area contributed by atoms with Gasteiger partial charge in [0, 0.05) is 23.9 Å². The summed E-state index contributed by atoms with van der Waals surface area (Å²) in [6.07, 6.45) is 7.34. The lowest BCUT2D eigenvalue weighted by atomic mass is 9.81. The minimum atomic E-state index is -0.978. The second kappa shape index (κ2) is 11.1. The Hall–Kier alpha value is -4.43. The molecule has 0 atom stereocenters. The zero-order valence-corrected chi connectivity index (χ0v) is 23.4. The number of ether oxygens (including phenoxy) is 1. The van der Waals surface area contributed by atoms with Gasteiger partial charge in [-0.25, -0.2) is 9.78 Å². The third-order valence-electron chi connectivity index (χ3n) is 8.76. The maximum absolute atomic E-state index is 13.7. The summed E-state index contributed by atoms with van der Waals surface area (Å²) in [5.41, 5.74) is 5.85. The summed E-state index contributed by atoms with van der Waals surface area (Å²) >= 11 is 0. The average Bonchev–Trinajstić information content (AvgIpc) is 3.68. The van der Waals surface area contributed by atoms with Crippen LogP contribution in [-0.2, 0) is 16.1 Å². The summed E-state index contributed by atoms with van der Waals surface area (Å²) in [5.74, 6) is 0.0883. The molecule has 0 spiro atoms. The molecule has 3 aromatic heterocycles. The molecule has 2 fully saturated rings. The van der Waals surface area contributed by atoms with E-state index in [-0.39, 0.29) is 18.0 Å². The van der Waals surface area contributed by atoms with Crippen molar-refractivity contribution in [1.82, 2.24) is 14.5 Å². The van der Waals surface area contributed by atoms with Crippen LogP contribution in [0.15, 0.2) is 71.3 Å². The number of rotatable bonds is 6. The molecule has 1 aliphatic carbocycles. The number of aromatic nitrogens is 2. The van der Waals surface area contributed by atoms with Gasteiger partial charge in [0.05, 0.1) is 41.8 Å². The minimum Gasteiger partial charge on any atom is -0.478 e. The molecule has 7 rings (SSSR count). The molecule has 5 aromatic rings. The third kappa shape index (κ3) is 4.86. The number of morpholine rings is 1. The van der Waals surface area contributed by atoms with Crippen LogP contribution in [0.4, 0.5) is 0 Å².